The average Bonchev–Trinajstić information content (AvgIpc) is 3.94. The van der Waals surface area contributed by atoms with E-state index >= 15 is 9.18 Å². The van der Waals surface area contributed by atoms with Gasteiger partial charge < -0.3 is 33.5 Å². The second kappa shape index (κ2) is 18.2. The Kier molecular flexibility index (Phi) is 13.2. The van der Waals surface area contributed by atoms with Crippen LogP contribution in [0.25, 0.3) is 32.8 Å². The van der Waals surface area contributed by atoms with E-state index in [-0.39, 0.29) is 78.0 Å². The number of nitriles is 1. The first-order valence-electron chi connectivity index (χ1n) is 22.7. The molecule has 1 aliphatic carbocycles. The number of pyridine rings is 1. The predicted octanol–water partition coefficient (Wildman–Crippen LogP) is 9.96. The van der Waals surface area contributed by atoms with Crippen molar-refractivity contribution in [1.82, 2.24) is 14.8 Å². The monoisotopic (exact) mass is 891 g/mol. The lowest BCUT2D eigenvalue weighted by atomic mass is 9.78. The van der Waals surface area contributed by atoms with Crippen molar-refractivity contribution < 1.29 is 42.5 Å². The number of amides is 2. The summed E-state index contributed by atoms with van der Waals surface area (Å²) in [6, 6.07) is 13.7. The zero-order valence-corrected chi connectivity index (χ0v) is 39.4. The molecule has 2 amide bonds. The van der Waals surface area contributed by atoms with E-state index in [0.717, 1.165) is 25.7 Å². The van der Waals surface area contributed by atoms with Crippen molar-refractivity contribution in [2.24, 2.45) is 11.3 Å². The highest BCUT2D eigenvalue weighted by molar-refractivity contribution is 6.07. The molecule has 4 aromatic rings. The lowest BCUT2D eigenvalue weighted by Crippen LogP contribution is -2.59. The van der Waals surface area contributed by atoms with Crippen LogP contribution in [0.2, 0.25) is 0 Å². The van der Waals surface area contributed by atoms with Crippen molar-refractivity contribution >= 4 is 51.8 Å². The number of benzene rings is 3. The Morgan fingerprint density at radius 3 is 2.35 bits per heavy atom. The van der Waals surface area contributed by atoms with Gasteiger partial charge in [0.2, 0.25) is 5.88 Å². The van der Waals surface area contributed by atoms with E-state index in [0.29, 0.717) is 40.4 Å². The molecule has 8 rings (SSSR count). The zero-order chi connectivity index (χ0) is 47.2. The fourth-order valence-electron chi connectivity index (χ4n) is 9.27. The molecule has 1 aromatic heterocycles. The molecule has 13 nitrogen and oxygen atoms in total. The zero-order valence-electron chi connectivity index (χ0n) is 39.4. The summed E-state index contributed by atoms with van der Waals surface area (Å²) in [5.41, 5.74) is -0.936. The summed E-state index contributed by atoms with van der Waals surface area (Å²) in [4.78, 5) is 64.6. The van der Waals surface area contributed by atoms with Gasteiger partial charge in [-0.1, -0.05) is 24.3 Å². The summed E-state index contributed by atoms with van der Waals surface area (Å²) < 4.78 is 43.0. The topological polar surface area (TPSA) is 152 Å². The number of hydrogen-bond donors (Lipinski definition) is 0. The summed E-state index contributed by atoms with van der Waals surface area (Å²) >= 11 is 0. The van der Waals surface area contributed by atoms with E-state index in [1.807, 2.05) is 31.3 Å². The number of carbonyl (C=O) groups excluding carboxylic acids is 4. The van der Waals surface area contributed by atoms with E-state index in [2.05, 4.69) is 11.0 Å². The highest BCUT2D eigenvalue weighted by atomic mass is 19.1. The van der Waals surface area contributed by atoms with Crippen LogP contribution in [0.4, 0.5) is 19.7 Å². The Morgan fingerprint density at radius 1 is 0.985 bits per heavy atom. The number of anilines is 1. The van der Waals surface area contributed by atoms with Gasteiger partial charge in [0.15, 0.2) is 5.82 Å². The smallest absolute Gasteiger partial charge is 0.415 e. The number of hydrogen-bond acceptors (Lipinski definition) is 11. The van der Waals surface area contributed by atoms with Gasteiger partial charge in [-0.25, -0.2) is 19.0 Å². The fourth-order valence-corrected chi connectivity index (χ4v) is 9.27. The number of likely N-dealkylation sites (N-methyl/N-ethyl adjacent to an activating group) is 1. The standard InChI is InChI=1S/C51H62FN5O8/c1-49(2,3)46(59)63-34-24-30-16-11-12-19-35(30)37(27-34)40-31(17-13-21-53)25-38-42(41(40)52)54-45(62-29-33-18-14-22-55(33)10)36(20-15-23-58)44(38)57(48(61)65-51(7,8)9)43-32-26-39(43)56(28-32)47(60)64-50(4,5)6/h11-12,16,19,23-25,27,32-33,39,43H,13-15,17-18,20,22,26,28-29H2,1-10H3/t32?,33-,39?,43?/m0/s1. The first-order valence-corrected chi connectivity index (χ1v) is 22.7. The summed E-state index contributed by atoms with van der Waals surface area (Å²) in [5.74, 6) is -1.10. The molecule has 2 bridgehead atoms. The van der Waals surface area contributed by atoms with Crippen LogP contribution in [0.5, 0.6) is 11.6 Å². The molecule has 14 heteroatoms. The van der Waals surface area contributed by atoms with Crippen molar-refractivity contribution in [2.75, 3.05) is 31.6 Å². The van der Waals surface area contributed by atoms with Crippen molar-refractivity contribution in [3.8, 4) is 28.8 Å². The second-order valence-corrected chi connectivity index (χ2v) is 20.7. The minimum absolute atomic E-state index is 0.0266. The third-order valence-electron chi connectivity index (χ3n) is 12.4. The molecule has 4 aliphatic rings. The summed E-state index contributed by atoms with van der Waals surface area (Å²) in [5, 5.41) is 11.6. The summed E-state index contributed by atoms with van der Waals surface area (Å²) in [7, 11) is 2.02. The molecule has 4 atom stereocenters. The molecule has 0 spiro atoms. The van der Waals surface area contributed by atoms with Crippen molar-refractivity contribution in [1.29, 1.82) is 5.26 Å². The van der Waals surface area contributed by atoms with Gasteiger partial charge in [0.1, 0.15) is 35.4 Å². The lowest BCUT2D eigenvalue weighted by molar-refractivity contribution is -0.143. The van der Waals surface area contributed by atoms with Gasteiger partial charge in [-0.05, 0) is 148 Å². The number of ether oxygens (including phenoxy) is 4. The van der Waals surface area contributed by atoms with Gasteiger partial charge in [-0.3, -0.25) is 9.69 Å². The number of nitrogens with zero attached hydrogens (tertiary/aromatic N) is 5. The van der Waals surface area contributed by atoms with Gasteiger partial charge in [-0.15, -0.1) is 0 Å². The lowest BCUT2D eigenvalue weighted by Gasteiger charge is -2.45. The van der Waals surface area contributed by atoms with Gasteiger partial charge in [0.05, 0.1) is 29.3 Å². The van der Waals surface area contributed by atoms with E-state index < -0.39 is 52.7 Å². The van der Waals surface area contributed by atoms with Crippen LogP contribution in [-0.4, -0.2) is 95.3 Å². The molecule has 1 saturated carbocycles. The number of fused-ring (bicyclic) bond motifs is 3. The molecule has 3 unspecified atom stereocenters. The Balaban J connectivity index is 1.54. The quantitative estimate of drug-likeness (QED) is 0.0759. The van der Waals surface area contributed by atoms with E-state index in [1.165, 1.54) is 0 Å². The van der Waals surface area contributed by atoms with Gasteiger partial charge >= 0.3 is 18.2 Å². The third kappa shape index (κ3) is 9.91. The number of likely N-dealkylation sites (tertiary alicyclic amines) is 1. The van der Waals surface area contributed by atoms with Crippen LogP contribution in [0.15, 0.2) is 42.5 Å². The minimum Gasteiger partial charge on any atom is -0.476 e. The normalized spacial score (nSPS) is 19.8. The second-order valence-electron chi connectivity index (χ2n) is 20.7. The largest absolute Gasteiger partial charge is 0.476 e. The van der Waals surface area contributed by atoms with Gasteiger partial charge in [-0.2, -0.15) is 5.26 Å². The number of carbonyl (C=O) groups is 4. The third-order valence-corrected chi connectivity index (χ3v) is 12.4. The first kappa shape index (κ1) is 47.2. The van der Waals surface area contributed by atoms with Crippen molar-refractivity contribution in [2.45, 2.75) is 137 Å². The van der Waals surface area contributed by atoms with Crippen LogP contribution >= 0.6 is 0 Å². The minimum atomic E-state index is -0.958. The molecule has 65 heavy (non-hydrogen) atoms. The number of aldehydes is 1. The van der Waals surface area contributed by atoms with Gasteiger partial charge in [0.25, 0.3) is 0 Å². The molecule has 346 valence electrons. The number of halogens is 1. The molecule has 3 aliphatic heterocycles. The summed E-state index contributed by atoms with van der Waals surface area (Å²) in [6.45, 7) is 17.4. The Labute approximate surface area is 381 Å². The Bertz CT molecular complexity index is 2550. The van der Waals surface area contributed by atoms with E-state index in [4.69, 9.17) is 23.9 Å². The maximum absolute atomic E-state index is 18.4. The van der Waals surface area contributed by atoms with Crippen LogP contribution in [0, 0.1) is 28.5 Å². The molecule has 0 radical (unpaired) electrons. The maximum Gasteiger partial charge on any atom is 0.415 e. The maximum atomic E-state index is 18.4. The van der Waals surface area contributed by atoms with Crippen LogP contribution in [-0.2, 0) is 31.9 Å². The van der Waals surface area contributed by atoms with E-state index in [1.54, 1.807) is 90.3 Å². The SMILES string of the molecule is CN1CCC[C@H]1COc1nc2c(F)c(-c3cc(OC(=O)C(C)(C)C)cc4ccccc34)c(CCC#N)cc2c(N(C(=O)OC(C)(C)C)C2C3CC2N(C(=O)OC(C)(C)C)C3)c1CCC=O. The Hall–Kier alpha value is -5.81. The average molecular weight is 892 g/mol. The number of rotatable bonds is 12. The van der Waals surface area contributed by atoms with Crippen molar-refractivity contribution in [3.05, 3.63) is 59.4 Å². The molecule has 4 heterocycles. The van der Waals surface area contributed by atoms with Crippen LogP contribution in [0.1, 0.15) is 106 Å². The predicted molar refractivity (Wildman–Crippen MR) is 247 cm³/mol. The molecule has 4 fully saturated rings. The number of esters is 1. The van der Waals surface area contributed by atoms with Crippen LogP contribution in [0.3, 0.4) is 0 Å². The Morgan fingerprint density at radius 2 is 1.71 bits per heavy atom. The molecular formula is C51H62FN5O8. The highest BCUT2D eigenvalue weighted by Crippen LogP contribution is 2.51. The number of aryl methyl sites for hydroxylation is 1. The highest BCUT2D eigenvalue weighted by Gasteiger charge is 2.59. The number of aromatic nitrogens is 1. The van der Waals surface area contributed by atoms with Crippen LogP contribution < -0.4 is 14.4 Å². The first-order chi connectivity index (χ1) is 30.6. The molecular weight excluding hydrogens is 830 g/mol. The molecule has 0 N–H and O–H groups in total. The molecule has 3 saturated heterocycles. The van der Waals surface area contributed by atoms with Crippen molar-refractivity contribution in [3.63, 3.8) is 0 Å². The summed E-state index contributed by atoms with van der Waals surface area (Å²) in [6.07, 6.45) is 2.29. The molecule has 3 aromatic carbocycles. The fraction of sp³-hybridized carbons (Fsp3) is 0.529. The van der Waals surface area contributed by atoms with Gasteiger partial charge in [0, 0.05) is 47.9 Å². The van der Waals surface area contributed by atoms with E-state index in [9.17, 15) is 19.6 Å².